The SMILES string of the molecule is CCCCCCCCCCCCCCCCC(C)[N+](C)(C)CCC[Si](O)(OCC)O[Si](O)(OCC)OCC. The molecular formula is C29H66NO6Si2+. The first kappa shape index (κ1) is 38.2. The van der Waals surface area contributed by atoms with Crippen LogP contribution < -0.4 is 0 Å². The van der Waals surface area contributed by atoms with Crippen molar-refractivity contribution in [2.45, 2.75) is 149 Å². The lowest BCUT2D eigenvalue weighted by atomic mass is 10.0. The highest BCUT2D eigenvalue weighted by atomic mass is 28.5. The van der Waals surface area contributed by atoms with Gasteiger partial charge in [-0.05, 0) is 40.5 Å². The van der Waals surface area contributed by atoms with Crippen LogP contribution in [0.2, 0.25) is 6.04 Å². The molecular weight excluding hydrogens is 514 g/mol. The summed E-state index contributed by atoms with van der Waals surface area (Å²) in [5.41, 5.74) is 0. The molecule has 0 aliphatic rings. The quantitative estimate of drug-likeness (QED) is 0.0579. The first-order chi connectivity index (χ1) is 18.1. The smallest absolute Gasteiger partial charge is 0.390 e. The second-order valence-corrected chi connectivity index (χ2v) is 16.1. The first-order valence-corrected chi connectivity index (χ1v) is 19.6. The zero-order valence-electron chi connectivity index (χ0n) is 26.4. The molecule has 0 bridgehead atoms. The molecule has 0 saturated carbocycles. The van der Waals surface area contributed by atoms with E-state index in [1.807, 2.05) is 6.92 Å². The zero-order valence-corrected chi connectivity index (χ0v) is 28.4. The minimum Gasteiger partial charge on any atom is -0.390 e. The highest BCUT2D eigenvalue weighted by Gasteiger charge is 2.52. The van der Waals surface area contributed by atoms with E-state index in [4.69, 9.17) is 17.4 Å². The van der Waals surface area contributed by atoms with Gasteiger partial charge in [0.1, 0.15) is 0 Å². The van der Waals surface area contributed by atoms with Crippen molar-refractivity contribution in [1.82, 2.24) is 0 Å². The third-order valence-electron chi connectivity index (χ3n) is 7.71. The number of hydrogen-bond donors (Lipinski definition) is 2. The molecule has 38 heavy (non-hydrogen) atoms. The van der Waals surface area contributed by atoms with Gasteiger partial charge in [0.25, 0.3) is 0 Å². The predicted octanol–water partition coefficient (Wildman–Crippen LogP) is 7.20. The maximum absolute atomic E-state index is 11.1. The predicted molar refractivity (Wildman–Crippen MR) is 163 cm³/mol. The second-order valence-electron chi connectivity index (χ2n) is 11.5. The summed E-state index contributed by atoms with van der Waals surface area (Å²) in [4.78, 5) is 21.7. The van der Waals surface area contributed by atoms with Crippen molar-refractivity contribution in [3.8, 4) is 0 Å². The van der Waals surface area contributed by atoms with Crippen molar-refractivity contribution in [1.29, 1.82) is 0 Å². The molecule has 0 rings (SSSR count). The average Bonchev–Trinajstić information content (AvgIpc) is 2.84. The summed E-state index contributed by atoms with van der Waals surface area (Å²) in [5.74, 6) is 0. The Morgan fingerprint density at radius 2 is 1.03 bits per heavy atom. The van der Waals surface area contributed by atoms with E-state index in [-0.39, 0.29) is 13.2 Å². The molecule has 2 atom stereocenters. The summed E-state index contributed by atoms with van der Waals surface area (Å²) >= 11 is 0. The van der Waals surface area contributed by atoms with Gasteiger partial charge in [0.15, 0.2) is 0 Å². The highest BCUT2D eigenvalue weighted by molar-refractivity contribution is 6.70. The van der Waals surface area contributed by atoms with E-state index in [2.05, 4.69) is 27.9 Å². The van der Waals surface area contributed by atoms with Crippen molar-refractivity contribution < 1.29 is 31.5 Å². The van der Waals surface area contributed by atoms with Crippen LogP contribution in [0.4, 0.5) is 0 Å². The molecule has 7 nitrogen and oxygen atoms in total. The standard InChI is InChI=1S/C29H66NO6Si2/c1-8-12-13-14-15-16-17-18-19-20-21-22-23-24-26-29(5)30(6,7)27-25-28-37(31,33-9-2)36-38(32,34-10-3)35-11-4/h29,31-32H,8-28H2,1-7H3/q+1. The van der Waals surface area contributed by atoms with E-state index in [1.54, 1.807) is 13.8 Å². The van der Waals surface area contributed by atoms with Crippen molar-refractivity contribution in [3.63, 3.8) is 0 Å². The topological polar surface area (TPSA) is 77.4 Å². The summed E-state index contributed by atoms with van der Waals surface area (Å²) in [6.45, 7) is 11.7. The van der Waals surface area contributed by atoms with Crippen molar-refractivity contribution >= 4 is 17.9 Å². The van der Waals surface area contributed by atoms with Crippen LogP contribution in [0.15, 0.2) is 0 Å². The Morgan fingerprint density at radius 3 is 1.45 bits per heavy atom. The first-order valence-electron chi connectivity index (χ1n) is 16.0. The molecule has 0 heterocycles. The van der Waals surface area contributed by atoms with Gasteiger partial charge in [-0.2, -0.15) is 0 Å². The molecule has 0 amide bonds. The van der Waals surface area contributed by atoms with E-state index in [0.29, 0.717) is 18.7 Å². The van der Waals surface area contributed by atoms with Gasteiger partial charge >= 0.3 is 17.9 Å². The molecule has 2 N–H and O–H groups in total. The molecule has 0 spiro atoms. The van der Waals surface area contributed by atoms with E-state index in [1.165, 1.54) is 96.3 Å². The number of nitrogens with zero attached hydrogens (tertiary/aromatic N) is 1. The maximum Gasteiger partial charge on any atom is 0.669 e. The Kier molecular flexibility index (Phi) is 22.9. The van der Waals surface area contributed by atoms with Gasteiger partial charge in [-0.15, -0.1) is 0 Å². The van der Waals surface area contributed by atoms with Gasteiger partial charge in [0.2, 0.25) is 0 Å². The van der Waals surface area contributed by atoms with Crippen LogP contribution in [0.5, 0.6) is 0 Å². The van der Waals surface area contributed by atoms with Gasteiger partial charge in [-0.1, -0.05) is 90.4 Å². The lowest BCUT2D eigenvalue weighted by Gasteiger charge is -2.37. The van der Waals surface area contributed by atoms with Crippen LogP contribution >= 0.6 is 0 Å². The third kappa shape index (κ3) is 19.3. The van der Waals surface area contributed by atoms with Crippen molar-refractivity contribution in [3.05, 3.63) is 0 Å². The Balaban J connectivity index is 4.15. The van der Waals surface area contributed by atoms with Crippen molar-refractivity contribution in [2.24, 2.45) is 0 Å². The number of quaternary nitrogens is 1. The normalized spacial score (nSPS) is 15.1. The second kappa shape index (κ2) is 22.8. The molecule has 0 aromatic heterocycles. The number of hydrogen-bond acceptors (Lipinski definition) is 6. The molecule has 0 saturated heterocycles. The minimum atomic E-state index is -3.90. The fourth-order valence-corrected chi connectivity index (χ4v) is 9.70. The van der Waals surface area contributed by atoms with Gasteiger partial charge in [-0.25, -0.2) is 0 Å². The van der Waals surface area contributed by atoms with Crippen LogP contribution in [-0.4, -0.2) is 78.4 Å². The summed E-state index contributed by atoms with van der Waals surface area (Å²) < 4.78 is 22.9. The fourth-order valence-electron chi connectivity index (χ4n) is 4.96. The van der Waals surface area contributed by atoms with Crippen LogP contribution in [0.25, 0.3) is 0 Å². The zero-order chi connectivity index (χ0) is 28.8. The number of rotatable bonds is 28. The molecule has 0 aromatic rings. The van der Waals surface area contributed by atoms with E-state index in [9.17, 15) is 9.59 Å². The average molecular weight is 581 g/mol. The van der Waals surface area contributed by atoms with E-state index < -0.39 is 17.9 Å². The molecule has 0 fully saturated rings. The lowest BCUT2D eigenvalue weighted by molar-refractivity contribution is -0.913. The monoisotopic (exact) mass is 580 g/mol. The Labute approximate surface area is 239 Å². The summed E-state index contributed by atoms with van der Waals surface area (Å²) in [6, 6.07) is 0.928. The molecule has 9 heteroatoms. The van der Waals surface area contributed by atoms with Crippen LogP contribution in [0, 0.1) is 0 Å². The minimum absolute atomic E-state index is 0.250. The van der Waals surface area contributed by atoms with Crippen LogP contribution in [-0.2, 0) is 17.4 Å². The Bertz CT molecular complexity index is 537. The maximum atomic E-state index is 11.1. The summed E-state index contributed by atoms with van der Waals surface area (Å²) in [6.07, 6.45) is 21.4. The summed E-state index contributed by atoms with van der Waals surface area (Å²) in [7, 11) is -2.98. The molecule has 0 aliphatic heterocycles. The molecule has 0 aliphatic carbocycles. The summed E-state index contributed by atoms with van der Waals surface area (Å²) in [5, 5.41) is 0. The fraction of sp³-hybridized carbons (Fsp3) is 1.00. The third-order valence-corrected chi connectivity index (χ3v) is 13.0. The molecule has 0 radical (unpaired) electrons. The molecule has 0 aromatic carbocycles. The van der Waals surface area contributed by atoms with Gasteiger partial charge in [0.05, 0.1) is 26.7 Å². The Hall–Kier alpha value is 0.154. The largest absolute Gasteiger partial charge is 0.669 e. The number of unbranched alkanes of at least 4 members (excludes halogenated alkanes) is 13. The van der Waals surface area contributed by atoms with Crippen molar-refractivity contribution in [2.75, 3.05) is 40.5 Å². The van der Waals surface area contributed by atoms with Gasteiger partial charge in [-0.3, -0.25) is 0 Å². The molecule has 2 unspecified atom stereocenters. The van der Waals surface area contributed by atoms with Crippen LogP contribution in [0.3, 0.4) is 0 Å². The van der Waals surface area contributed by atoms with E-state index in [0.717, 1.165) is 17.4 Å². The van der Waals surface area contributed by atoms with Gasteiger partial charge < -0.3 is 31.5 Å². The molecule has 230 valence electrons. The van der Waals surface area contributed by atoms with Crippen LogP contribution in [0.1, 0.15) is 137 Å². The van der Waals surface area contributed by atoms with Gasteiger partial charge in [0, 0.05) is 32.3 Å². The lowest BCUT2D eigenvalue weighted by Crippen LogP contribution is -2.58. The Morgan fingerprint density at radius 1 is 0.605 bits per heavy atom. The highest BCUT2D eigenvalue weighted by Crippen LogP contribution is 2.22. The van der Waals surface area contributed by atoms with E-state index >= 15 is 0 Å².